The fraction of sp³-hybridized carbons (Fsp3) is 0.381. The number of nitrogens with zero attached hydrogens (tertiary/aromatic N) is 1. The normalized spacial score (nSPS) is 17.7. The molecule has 144 valence electrons. The van der Waals surface area contributed by atoms with Gasteiger partial charge in [0.2, 0.25) is 0 Å². The number of rotatable bonds is 5. The Kier molecular flexibility index (Phi) is 6.19. The molecule has 1 heterocycles. The van der Waals surface area contributed by atoms with Crippen molar-refractivity contribution in [2.45, 2.75) is 32.7 Å². The summed E-state index contributed by atoms with van der Waals surface area (Å²) in [5.41, 5.74) is 6.81. The first-order valence-corrected chi connectivity index (χ1v) is 9.30. The number of likely N-dealkylation sites (tertiary alicyclic amines) is 1. The largest absolute Gasteiger partial charge is 0.416 e. The molecule has 6 heteroatoms. The van der Waals surface area contributed by atoms with Gasteiger partial charge in [-0.2, -0.15) is 0 Å². The number of amides is 2. The summed E-state index contributed by atoms with van der Waals surface area (Å²) in [6.45, 7) is 4.51. The Morgan fingerprint density at radius 1 is 1.26 bits per heavy atom. The molecule has 1 fully saturated rings. The zero-order chi connectivity index (χ0) is 19.4. The second kappa shape index (κ2) is 8.59. The molecule has 2 aromatic carbocycles. The predicted molar refractivity (Wildman–Crippen MR) is 101 cm³/mol. The smallest absolute Gasteiger partial charge is 0.299 e. The third kappa shape index (κ3) is 4.90. The molecule has 1 atom stereocenters. The Labute approximate surface area is 158 Å². The summed E-state index contributed by atoms with van der Waals surface area (Å²) in [7, 11) is 0. The minimum absolute atomic E-state index is 0.282. The third-order valence-electron chi connectivity index (χ3n) is 5.21. The summed E-state index contributed by atoms with van der Waals surface area (Å²) in [6, 6.07) is 9.88. The van der Waals surface area contributed by atoms with Crippen LogP contribution in [0.15, 0.2) is 36.4 Å². The summed E-state index contributed by atoms with van der Waals surface area (Å²) in [5, 5.41) is 2.80. The topological polar surface area (TPSA) is 60.0 Å². The summed E-state index contributed by atoms with van der Waals surface area (Å²) in [4.78, 5) is 13.7. The van der Waals surface area contributed by atoms with Gasteiger partial charge < -0.3 is 0 Å². The van der Waals surface area contributed by atoms with Gasteiger partial charge in [-0.05, 0) is 67.5 Å². The Bertz CT molecular complexity index is 825. The molecule has 3 rings (SSSR count). The van der Waals surface area contributed by atoms with Crippen LogP contribution in [0.3, 0.4) is 0 Å². The van der Waals surface area contributed by atoms with Crippen LogP contribution in [0.25, 0.3) is 0 Å². The average Bonchev–Trinajstić information content (AvgIpc) is 2.62. The molecule has 1 aliphatic rings. The molecular formula is C21H26F2N3O+. The number of nitrogens with one attached hydrogen (secondary N) is 1. The van der Waals surface area contributed by atoms with E-state index in [2.05, 4.69) is 16.0 Å². The highest BCUT2D eigenvalue weighted by Gasteiger charge is 2.23. The number of quaternary nitrogens is 1. The highest BCUT2D eigenvalue weighted by Crippen LogP contribution is 2.27. The second-order valence-corrected chi connectivity index (χ2v) is 7.31. The summed E-state index contributed by atoms with van der Waals surface area (Å²) in [6.07, 6.45) is 2.56. The number of anilines is 1. The van der Waals surface area contributed by atoms with Gasteiger partial charge in [0.1, 0.15) is 0 Å². The van der Waals surface area contributed by atoms with Gasteiger partial charge in [-0.25, -0.2) is 13.6 Å². The highest BCUT2D eigenvalue weighted by atomic mass is 19.2. The van der Waals surface area contributed by atoms with E-state index in [1.165, 1.54) is 0 Å². The van der Waals surface area contributed by atoms with Crippen molar-refractivity contribution < 1.29 is 19.3 Å². The van der Waals surface area contributed by atoms with E-state index in [1.807, 2.05) is 25.1 Å². The van der Waals surface area contributed by atoms with Crippen LogP contribution in [0.4, 0.5) is 19.3 Å². The SMILES string of the molecule is Cc1cccc(NC([NH3+])=O)c1CN1CCCC(Cc2cccc(F)c2F)C1. The number of piperidine rings is 1. The second-order valence-electron chi connectivity index (χ2n) is 7.31. The number of benzene rings is 2. The molecule has 1 unspecified atom stereocenters. The lowest BCUT2D eigenvalue weighted by Crippen LogP contribution is -2.59. The van der Waals surface area contributed by atoms with Crippen molar-refractivity contribution in [1.29, 1.82) is 0 Å². The van der Waals surface area contributed by atoms with Crippen LogP contribution in [-0.4, -0.2) is 24.0 Å². The number of hydrogen-bond acceptors (Lipinski definition) is 2. The van der Waals surface area contributed by atoms with Crippen molar-refractivity contribution >= 4 is 11.7 Å². The first-order valence-electron chi connectivity index (χ1n) is 9.30. The van der Waals surface area contributed by atoms with E-state index < -0.39 is 11.6 Å². The van der Waals surface area contributed by atoms with Crippen LogP contribution in [0.5, 0.6) is 0 Å². The number of halogens is 2. The van der Waals surface area contributed by atoms with Gasteiger partial charge in [0.25, 0.3) is 0 Å². The van der Waals surface area contributed by atoms with Gasteiger partial charge in [-0.15, -0.1) is 0 Å². The monoisotopic (exact) mass is 374 g/mol. The lowest BCUT2D eigenvalue weighted by Gasteiger charge is -2.33. The molecule has 2 amide bonds. The van der Waals surface area contributed by atoms with Gasteiger partial charge in [-0.3, -0.25) is 16.0 Å². The number of carbonyl (C=O) groups excluding carboxylic acids is 1. The van der Waals surface area contributed by atoms with Gasteiger partial charge in [0.15, 0.2) is 11.6 Å². The summed E-state index contributed by atoms with van der Waals surface area (Å²) < 4.78 is 27.5. The molecule has 0 aliphatic carbocycles. The van der Waals surface area contributed by atoms with E-state index in [-0.39, 0.29) is 11.9 Å². The molecule has 1 saturated heterocycles. The maximum Gasteiger partial charge on any atom is 0.416 e. The van der Waals surface area contributed by atoms with Crippen LogP contribution in [-0.2, 0) is 13.0 Å². The lowest BCUT2D eigenvalue weighted by molar-refractivity contribution is -0.242. The number of urea groups is 1. The van der Waals surface area contributed by atoms with E-state index in [0.29, 0.717) is 18.5 Å². The number of hydrogen-bond donors (Lipinski definition) is 2. The van der Waals surface area contributed by atoms with Gasteiger partial charge in [-0.1, -0.05) is 24.3 Å². The zero-order valence-electron chi connectivity index (χ0n) is 15.6. The minimum atomic E-state index is -0.784. The lowest BCUT2D eigenvalue weighted by atomic mass is 9.90. The molecule has 0 aromatic heterocycles. The first-order chi connectivity index (χ1) is 12.9. The van der Waals surface area contributed by atoms with Gasteiger partial charge >= 0.3 is 6.03 Å². The van der Waals surface area contributed by atoms with E-state index >= 15 is 0 Å². The molecule has 0 radical (unpaired) electrons. The van der Waals surface area contributed by atoms with Crippen molar-refractivity contribution in [3.05, 3.63) is 64.7 Å². The van der Waals surface area contributed by atoms with Gasteiger partial charge in [0.05, 0.1) is 5.69 Å². The molecule has 0 bridgehead atoms. The Balaban J connectivity index is 1.70. The van der Waals surface area contributed by atoms with Crippen LogP contribution in [0, 0.1) is 24.5 Å². The van der Waals surface area contributed by atoms with Gasteiger partial charge in [0, 0.05) is 13.1 Å². The quantitative estimate of drug-likeness (QED) is 0.841. The predicted octanol–water partition coefficient (Wildman–Crippen LogP) is 3.50. The Hall–Kier alpha value is -2.31. The van der Waals surface area contributed by atoms with Crippen molar-refractivity contribution in [2.24, 2.45) is 5.92 Å². The fourth-order valence-corrected chi connectivity index (χ4v) is 3.88. The molecule has 1 aliphatic heterocycles. The van der Waals surface area contributed by atoms with Crippen LogP contribution < -0.4 is 11.1 Å². The van der Waals surface area contributed by atoms with Crippen LogP contribution >= 0.6 is 0 Å². The third-order valence-corrected chi connectivity index (χ3v) is 5.21. The van der Waals surface area contributed by atoms with Crippen LogP contribution in [0.1, 0.15) is 29.5 Å². The molecule has 2 aromatic rings. The van der Waals surface area contributed by atoms with E-state index in [1.54, 1.807) is 12.1 Å². The van der Waals surface area contributed by atoms with E-state index in [0.717, 1.165) is 48.8 Å². The maximum absolute atomic E-state index is 14.0. The molecule has 0 spiro atoms. The Morgan fingerprint density at radius 3 is 2.81 bits per heavy atom. The summed E-state index contributed by atoms with van der Waals surface area (Å²) in [5.74, 6) is -1.23. The molecular weight excluding hydrogens is 348 g/mol. The molecule has 4 nitrogen and oxygen atoms in total. The molecule has 27 heavy (non-hydrogen) atoms. The fourth-order valence-electron chi connectivity index (χ4n) is 3.88. The highest BCUT2D eigenvalue weighted by molar-refractivity contribution is 5.82. The molecule has 4 N–H and O–H groups in total. The van der Waals surface area contributed by atoms with Crippen LogP contribution in [0.2, 0.25) is 0 Å². The minimum Gasteiger partial charge on any atom is -0.299 e. The zero-order valence-corrected chi connectivity index (χ0v) is 15.6. The first kappa shape index (κ1) is 19.5. The Morgan fingerprint density at radius 2 is 2.04 bits per heavy atom. The van der Waals surface area contributed by atoms with E-state index in [4.69, 9.17) is 0 Å². The van der Waals surface area contributed by atoms with E-state index in [9.17, 15) is 13.6 Å². The van der Waals surface area contributed by atoms with Crippen molar-refractivity contribution in [2.75, 3.05) is 18.4 Å². The number of aryl methyl sites for hydroxylation is 1. The molecule has 0 saturated carbocycles. The number of carbonyl (C=O) groups is 1. The van der Waals surface area contributed by atoms with Crippen molar-refractivity contribution in [1.82, 2.24) is 4.90 Å². The standard InChI is InChI=1S/C21H25F2N3O/c1-14-5-2-9-19(25-21(24)27)17(14)13-26-10-4-6-15(12-26)11-16-7-3-8-18(22)20(16)23/h2-3,5,7-9,15H,4,6,10-13H2,1H3,(H3,24,25,27)/p+1. The maximum atomic E-state index is 14.0. The summed E-state index contributed by atoms with van der Waals surface area (Å²) >= 11 is 0. The average molecular weight is 374 g/mol. The van der Waals surface area contributed by atoms with Crippen molar-refractivity contribution in [3.63, 3.8) is 0 Å². The van der Waals surface area contributed by atoms with Crippen molar-refractivity contribution in [3.8, 4) is 0 Å².